The van der Waals surface area contributed by atoms with Gasteiger partial charge in [0.15, 0.2) is 0 Å². The lowest BCUT2D eigenvalue weighted by Gasteiger charge is -2.49. The highest BCUT2D eigenvalue weighted by Crippen LogP contribution is 2.69. The SMILES string of the molecule is CC1(C)C2CCC1(CCN1CCOCC1)C(N1CCOCC1)C2.CC1(C)C2CCC1(CS)C(N1CCOCC1)C2. The molecular weight excluding hydrogens is 518 g/mol. The summed E-state index contributed by atoms with van der Waals surface area (Å²) in [5.41, 5.74) is 1.96. The van der Waals surface area contributed by atoms with Gasteiger partial charge < -0.3 is 14.2 Å². The van der Waals surface area contributed by atoms with Crippen LogP contribution in [-0.2, 0) is 14.2 Å². The predicted molar refractivity (Wildman–Crippen MR) is 165 cm³/mol. The Morgan fingerprint density at radius 2 is 1.05 bits per heavy atom. The van der Waals surface area contributed by atoms with Crippen LogP contribution in [0.3, 0.4) is 0 Å². The average molecular weight is 578 g/mol. The minimum absolute atomic E-state index is 0.456. The number of fused-ring (bicyclic) bond motifs is 4. The van der Waals surface area contributed by atoms with Gasteiger partial charge in [-0.2, -0.15) is 12.6 Å². The van der Waals surface area contributed by atoms with Gasteiger partial charge in [0, 0.05) is 56.8 Å². The Bertz CT molecular complexity index is 854. The molecule has 0 spiro atoms. The van der Waals surface area contributed by atoms with Crippen molar-refractivity contribution in [3.05, 3.63) is 0 Å². The van der Waals surface area contributed by atoms with Crippen molar-refractivity contribution in [3.63, 3.8) is 0 Å². The molecule has 3 aliphatic heterocycles. The summed E-state index contributed by atoms with van der Waals surface area (Å²) in [5, 5.41) is 0. The van der Waals surface area contributed by atoms with Gasteiger partial charge in [0.1, 0.15) is 0 Å². The number of rotatable bonds is 6. The number of hydrogen-bond acceptors (Lipinski definition) is 7. The summed E-state index contributed by atoms with van der Waals surface area (Å²) in [4.78, 5) is 8.11. The molecule has 0 N–H and O–H groups in total. The third-order valence-corrected chi connectivity index (χ3v) is 14.6. The molecule has 0 aromatic rings. The van der Waals surface area contributed by atoms with Crippen LogP contribution in [-0.4, -0.2) is 118 Å². The van der Waals surface area contributed by atoms with Crippen LogP contribution in [0.15, 0.2) is 0 Å². The fraction of sp³-hybridized carbons (Fsp3) is 1.00. The van der Waals surface area contributed by atoms with Crippen LogP contribution in [0, 0.1) is 33.5 Å². The number of morpholine rings is 3. The molecule has 40 heavy (non-hydrogen) atoms. The van der Waals surface area contributed by atoms with Crippen molar-refractivity contribution in [1.29, 1.82) is 0 Å². The zero-order valence-corrected chi connectivity index (χ0v) is 27.1. The van der Waals surface area contributed by atoms with Gasteiger partial charge in [-0.3, -0.25) is 14.7 Å². The molecule has 0 radical (unpaired) electrons. The van der Waals surface area contributed by atoms with Gasteiger partial charge in [-0.1, -0.05) is 27.7 Å². The van der Waals surface area contributed by atoms with E-state index in [0.717, 1.165) is 109 Å². The molecule has 3 heterocycles. The molecule has 230 valence electrons. The number of hydrogen-bond donors (Lipinski definition) is 1. The molecule has 7 heteroatoms. The fourth-order valence-electron chi connectivity index (χ4n) is 11.0. The summed E-state index contributed by atoms with van der Waals surface area (Å²) in [5.74, 6) is 2.90. The molecule has 6 unspecified atom stereocenters. The van der Waals surface area contributed by atoms with Crippen molar-refractivity contribution in [2.45, 2.75) is 84.7 Å². The summed E-state index contributed by atoms with van der Waals surface area (Å²) < 4.78 is 16.6. The first-order valence-electron chi connectivity index (χ1n) is 16.8. The van der Waals surface area contributed by atoms with E-state index >= 15 is 0 Å². The largest absolute Gasteiger partial charge is 0.379 e. The third kappa shape index (κ3) is 4.94. The summed E-state index contributed by atoms with van der Waals surface area (Å²) in [6, 6.07) is 1.55. The van der Waals surface area contributed by atoms with E-state index in [9.17, 15) is 0 Å². The Kier molecular flexibility index (Phi) is 8.96. The molecular formula is C33H59N3O3S. The van der Waals surface area contributed by atoms with Crippen molar-refractivity contribution in [1.82, 2.24) is 14.7 Å². The van der Waals surface area contributed by atoms with Gasteiger partial charge in [-0.25, -0.2) is 0 Å². The van der Waals surface area contributed by atoms with Crippen molar-refractivity contribution < 1.29 is 14.2 Å². The van der Waals surface area contributed by atoms with E-state index in [2.05, 4.69) is 42.4 Å². The lowest BCUT2D eigenvalue weighted by molar-refractivity contribution is -0.0444. The average Bonchev–Trinajstić information content (AvgIpc) is 3.57. The Labute approximate surface area is 250 Å². The maximum absolute atomic E-state index is 5.62. The lowest BCUT2D eigenvalue weighted by atomic mass is 9.65. The quantitative estimate of drug-likeness (QED) is 0.462. The maximum atomic E-state index is 5.62. The van der Waals surface area contributed by atoms with E-state index in [1.54, 1.807) is 0 Å². The fourth-order valence-corrected chi connectivity index (χ4v) is 11.8. The first kappa shape index (κ1) is 30.1. The molecule has 0 aromatic heterocycles. The van der Waals surface area contributed by atoms with E-state index in [-0.39, 0.29) is 0 Å². The highest BCUT2D eigenvalue weighted by molar-refractivity contribution is 7.80. The zero-order chi connectivity index (χ0) is 28.0. The molecule has 6 atom stereocenters. The number of thiol groups is 1. The van der Waals surface area contributed by atoms with Gasteiger partial charge in [0.2, 0.25) is 0 Å². The highest BCUT2D eigenvalue weighted by Gasteiger charge is 2.65. The Morgan fingerprint density at radius 3 is 1.50 bits per heavy atom. The van der Waals surface area contributed by atoms with E-state index in [4.69, 9.17) is 26.8 Å². The molecule has 6 nitrogen and oxygen atoms in total. The van der Waals surface area contributed by atoms with E-state index in [0.29, 0.717) is 21.7 Å². The van der Waals surface area contributed by atoms with Crippen LogP contribution in [0.25, 0.3) is 0 Å². The second-order valence-corrected chi connectivity index (χ2v) is 15.7. The van der Waals surface area contributed by atoms with E-state index < -0.39 is 0 Å². The van der Waals surface area contributed by atoms with E-state index in [1.807, 2.05) is 0 Å². The smallest absolute Gasteiger partial charge is 0.0594 e. The molecule has 4 aliphatic carbocycles. The van der Waals surface area contributed by atoms with Gasteiger partial charge in [-0.05, 0) is 85.3 Å². The molecule has 4 saturated carbocycles. The second kappa shape index (κ2) is 11.9. The van der Waals surface area contributed by atoms with Crippen molar-refractivity contribution in [3.8, 4) is 0 Å². The van der Waals surface area contributed by atoms with Gasteiger partial charge in [0.25, 0.3) is 0 Å². The summed E-state index contributed by atoms with van der Waals surface area (Å²) in [6.45, 7) is 23.7. The molecule has 3 saturated heterocycles. The Balaban J connectivity index is 0.000000151. The monoisotopic (exact) mass is 577 g/mol. The van der Waals surface area contributed by atoms with E-state index in [1.165, 1.54) is 51.5 Å². The van der Waals surface area contributed by atoms with Crippen LogP contribution >= 0.6 is 12.6 Å². The van der Waals surface area contributed by atoms with Crippen LogP contribution in [0.5, 0.6) is 0 Å². The standard InChI is InChI=1S/C19H34N2O2.C14H25NOS/c1-18(2)16-3-4-19(18,5-6-20-7-11-22-12-8-20)17(15-16)21-9-13-23-14-10-21;1-13(2)11-3-4-14(13,10-17)12(9-11)15-5-7-16-8-6-15/h16-17H,3-15H2,1-2H3;11-12,17H,3-10H2,1-2H3. The van der Waals surface area contributed by atoms with Gasteiger partial charge in [-0.15, -0.1) is 0 Å². The van der Waals surface area contributed by atoms with Crippen LogP contribution in [0.4, 0.5) is 0 Å². The van der Waals surface area contributed by atoms with Crippen LogP contribution in [0.1, 0.15) is 72.6 Å². The third-order valence-electron chi connectivity index (χ3n) is 14.0. The zero-order valence-electron chi connectivity index (χ0n) is 26.2. The first-order chi connectivity index (χ1) is 19.2. The van der Waals surface area contributed by atoms with Crippen LogP contribution < -0.4 is 0 Å². The minimum atomic E-state index is 0.456. The highest BCUT2D eigenvalue weighted by atomic mass is 32.1. The normalized spacial score (nSPS) is 43.1. The van der Waals surface area contributed by atoms with Crippen molar-refractivity contribution >= 4 is 12.6 Å². The number of nitrogens with zero attached hydrogens (tertiary/aromatic N) is 3. The van der Waals surface area contributed by atoms with Crippen LogP contribution in [0.2, 0.25) is 0 Å². The Hall–Kier alpha value is 0.110. The van der Waals surface area contributed by atoms with Crippen molar-refractivity contribution in [2.24, 2.45) is 33.5 Å². The second-order valence-electron chi connectivity index (χ2n) is 15.4. The molecule has 0 aromatic carbocycles. The predicted octanol–water partition coefficient (Wildman–Crippen LogP) is 4.68. The molecule has 4 bridgehead atoms. The Morgan fingerprint density at radius 1 is 0.625 bits per heavy atom. The molecule has 0 amide bonds. The topological polar surface area (TPSA) is 37.4 Å². The number of ether oxygens (including phenoxy) is 3. The lowest BCUT2D eigenvalue weighted by Crippen LogP contribution is -2.53. The molecule has 7 aliphatic rings. The summed E-state index contributed by atoms with van der Waals surface area (Å²) in [6.07, 6.45) is 9.90. The first-order valence-corrected chi connectivity index (χ1v) is 17.4. The maximum Gasteiger partial charge on any atom is 0.0594 e. The molecule has 7 rings (SSSR count). The van der Waals surface area contributed by atoms with Gasteiger partial charge in [0.05, 0.1) is 39.6 Å². The van der Waals surface area contributed by atoms with Crippen molar-refractivity contribution in [2.75, 3.05) is 91.2 Å². The van der Waals surface area contributed by atoms with Gasteiger partial charge >= 0.3 is 0 Å². The summed E-state index contributed by atoms with van der Waals surface area (Å²) in [7, 11) is 0. The minimum Gasteiger partial charge on any atom is -0.379 e. The summed E-state index contributed by atoms with van der Waals surface area (Å²) >= 11 is 4.74. The molecule has 7 fully saturated rings.